The molecule has 1 fully saturated rings. The summed E-state index contributed by atoms with van der Waals surface area (Å²) < 4.78 is 0. The fraction of sp³-hybridized carbons (Fsp3) is 0.800. The lowest BCUT2D eigenvalue weighted by Gasteiger charge is -2.40. The Morgan fingerprint density at radius 3 is 2.27 bits per heavy atom. The molecule has 1 amide bonds. The molecule has 0 radical (unpaired) electrons. The summed E-state index contributed by atoms with van der Waals surface area (Å²) in [5.74, 6) is -1.11. The Labute approximate surface area is 89.4 Å². The van der Waals surface area contributed by atoms with Crippen molar-refractivity contribution in [3.8, 4) is 0 Å². The summed E-state index contributed by atoms with van der Waals surface area (Å²) in [5.41, 5.74) is 0. The Morgan fingerprint density at radius 1 is 1.33 bits per heavy atom. The molecule has 5 nitrogen and oxygen atoms in total. The highest BCUT2D eigenvalue weighted by Gasteiger charge is 2.37. The second-order valence-corrected chi connectivity index (χ2v) is 4.33. The molecule has 1 rings (SSSR count). The minimum absolute atomic E-state index is 0.0335. The third-order valence-corrected chi connectivity index (χ3v) is 2.62. The molecule has 15 heavy (non-hydrogen) atoms. The Morgan fingerprint density at radius 2 is 1.87 bits per heavy atom. The van der Waals surface area contributed by atoms with Crippen LogP contribution in [-0.4, -0.2) is 47.1 Å². The highest BCUT2D eigenvalue weighted by Crippen LogP contribution is 2.18. The van der Waals surface area contributed by atoms with Crippen LogP contribution in [-0.2, 0) is 9.59 Å². The lowest BCUT2D eigenvalue weighted by Crippen LogP contribution is -2.58. The molecule has 0 aromatic rings. The van der Waals surface area contributed by atoms with Gasteiger partial charge in [-0.1, -0.05) is 0 Å². The van der Waals surface area contributed by atoms with Crippen molar-refractivity contribution in [1.82, 2.24) is 10.2 Å². The lowest BCUT2D eigenvalue weighted by atomic mass is 9.98. The van der Waals surface area contributed by atoms with Crippen LogP contribution < -0.4 is 5.32 Å². The van der Waals surface area contributed by atoms with Gasteiger partial charge in [0.05, 0.1) is 12.0 Å². The fourth-order valence-corrected chi connectivity index (χ4v) is 1.56. The molecule has 86 valence electrons. The van der Waals surface area contributed by atoms with Crippen molar-refractivity contribution in [2.75, 3.05) is 13.1 Å². The van der Waals surface area contributed by atoms with Crippen LogP contribution in [0.5, 0.6) is 0 Å². The van der Waals surface area contributed by atoms with Crippen molar-refractivity contribution in [2.24, 2.45) is 5.92 Å². The maximum atomic E-state index is 11.6. The van der Waals surface area contributed by atoms with Gasteiger partial charge in [0.15, 0.2) is 0 Å². The Hall–Kier alpha value is -1.10. The zero-order valence-electron chi connectivity index (χ0n) is 9.36. The van der Waals surface area contributed by atoms with E-state index in [2.05, 4.69) is 5.32 Å². The number of nitrogens with one attached hydrogen (secondary N) is 1. The van der Waals surface area contributed by atoms with Crippen molar-refractivity contribution >= 4 is 11.9 Å². The molecule has 0 spiro atoms. The summed E-state index contributed by atoms with van der Waals surface area (Å²) in [4.78, 5) is 24.0. The number of nitrogens with zero attached hydrogens (tertiary/aromatic N) is 1. The van der Waals surface area contributed by atoms with E-state index in [9.17, 15) is 9.59 Å². The van der Waals surface area contributed by atoms with Crippen molar-refractivity contribution < 1.29 is 14.7 Å². The minimum atomic E-state index is -0.775. The number of carboxylic acids is 1. The van der Waals surface area contributed by atoms with Gasteiger partial charge in [-0.3, -0.25) is 14.5 Å². The van der Waals surface area contributed by atoms with Crippen LogP contribution >= 0.6 is 0 Å². The van der Waals surface area contributed by atoms with Gasteiger partial charge in [-0.25, -0.2) is 0 Å². The number of amides is 1. The normalized spacial score (nSPS) is 19.7. The summed E-state index contributed by atoms with van der Waals surface area (Å²) in [5, 5.41) is 11.5. The molecule has 1 unspecified atom stereocenters. The van der Waals surface area contributed by atoms with Crippen LogP contribution in [0.25, 0.3) is 0 Å². The van der Waals surface area contributed by atoms with Crippen LogP contribution in [0.4, 0.5) is 0 Å². The van der Waals surface area contributed by atoms with Crippen molar-refractivity contribution in [1.29, 1.82) is 0 Å². The van der Waals surface area contributed by atoms with Crippen LogP contribution in [0.3, 0.4) is 0 Å². The molecule has 1 heterocycles. The molecule has 0 aliphatic carbocycles. The van der Waals surface area contributed by atoms with Crippen molar-refractivity contribution in [3.63, 3.8) is 0 Å². The maximum absolute atomic E-state index is 11.6. The SMILES string of the molecule is CC(C)NC(=O)C(C)N1CC(C(=O)O)C1. The van der Waals surface area contributed by atoms with Crippen LogP contribution in [0.1, 0.15) is 20.8 Å². The van der Waals surface area contributed by atoms with E-state index in [1.165, 1.54) is 0 Å². The Balaban J connectivity index is 2.34. The summed E-state index contributed by atoms with van der Waals surface area (Å²) >= 11 is 0. The fourth-order valence-electron chi connectivity index (χ4n) is 1.56. The van der Waals surface area contributed by atoms with Crippen LogP contribution in [0, 0.1) is 5.92 Å². The maximum Gasteiger partial charge on any atom is 0.309 e. The number of carbonyl (C=O) groups excluding carboxylic acids is 1. The zero-order valence-corrected chi connectivity index (χ0v) is 9.36. The van der Waals surface area contributed by atoms with Crippen molar-refractivity contribution in [3.05, 3.63) is 0 Å². The van der Waals surface area contributed by atoms with E-state index in [1.807, 2.05) is 18.7 Å². The number of hydrogen-bond donors (Lipinski definition) is 2. The summed E-state index contributed by atoms with van der Waals surface area (Å²) in [7, 11) is 0. The number of carboxylic acid groups (broad SMARTS) is 1. The van der Waals surface area contributed by atoms with Gasteiger partial charge in [-0.15, -0.1) is 0 Å². The third-order valence-electron chi connectivity index (χ3n) is 2.62. The quantitative estimate of drug-likeness (QED) is 0.686. The second-order valence-electron chi connectivity index (χ2n) is 4.33. The van der Waals surface area contributed by atoms with Crippen LogP contribution in [0.15, 0.2) is 0 Å². The van der Waals surface area contributed by atoms with E-state index in [-0.39, 0.29) is 23.9 Å². The highest BCUT2D eigenvalue weighted by atomic mass is 16.4. The molecule has 0 aromatic carbocycles. The molecule has 1 atom stereocenters. The third kappa shape index (κ3) is 2.92. The number of hydrogen-bond acceptors (Lipinski definition) is 3. The number of likely N-dealkylation sites (tertiary alicyclic amines) is 1. The topological polar surface area (TPSA) is 69.6 Å². The van der Waals surface area contributed by atoms with Gasteiger partial charge >= 0.3 is 5.97 Å². The van der Waals surface area contributed by atoms with Gasteiger partial charge in [0.1, 0.15) is 0 Å². The first-order chi connectivity index (χ1) is 6.91. The summed E-state index contributed by atoms with van der Waals surface area (Å²) in [6, 6.07) is -0.112. The lowest BCUT2D eigenvalue weighted by molar-refractivity contribution is -0.150. The van der Waals surface area contributed by atoms with E-state index in [1.54, 1.807) is 6.92 Å². The predicted octanol–water partition coefficient (Wildman–Crippen LogP) is -0.0841. The van der Waals surface area contributed by atoms with E-state index < -0.39 is 5.97 Å². The molecule has 1 aliphatic rings. The Kier molecular flexibility index (Phi) is 3.68. The number of aliphatic carboxylic acids is 1. The first-order valence-electron chi connectivity index (χ1n) is 5.19. The zero-order chi connectivity index (χ0) is 11.6. The van der Waals surface area contributed by atoms with Crippen LogP contribution in [0.2, 0.25) is 0 Å². The van der Waals surface area contributed by atoms with Gasteiger partial charge in [0.25, 0.3) is 0 Å². The smallest absolute Gasteiger partial charge is 0.309 e. The average Bonchev–Trinajstić information content (AvgIpc) is 1.98. The first-order valence-corrected chi connectivity index (χ1v) is 5.19. The van der Waals surface area contributed by atoms with E-state index >= 15 is 0 Å². The molecular formula is C10H18N2O3. The largest absolute Gasteiger partial charge is 0.481 e. The Bertz CT molecular complexity index is 259. The van der Waals surface area contributed by atoms with Gasteiger partial charge in [0, 0.05) is 19.1 Å². The molecule has 1 aliphatic heterocycles. The van der Waals surface area contributed by atoms with E-state index in [0.29, 0.717) is 13.1 Å². The molecule has 1 saturated heterocycles. The standard InChI is InChI=1S/C10H18N2O3/c1-6(2)11-9(13)7(3)12-4-8(5-12)10(14)15/h6-8H,4-5H2,1-3H3,(H,11,13)(H,14,15). The average molecular weight is 214 g/mol. The van der Waals surface area contributed by atoms with Gasteiger partial charge in [-0.2, -0.15) is 0 Å². The second kappa shape index (κ2) is 4.61. The molecule has 2 N–H and O–H groups in total. The van der Waals surface area contributed by atoms with E-state index in [0.717, 1.165) is 0 Å². The summed E-state index contributed by atoms with van der Waals surface area (Å²) in [6.45, 7) is 6.56. The van der Waals surface area contributed by atoms with Gasteiger partial charge in [-0.05, 0) is 20.8 Å². The predicted molar refractivity (Wildman–Crippen MR) is 55.4 cm³/mol. The van der Waals surface area contributed by atoms with Gasteiger partial charge in [0.2, 0.25) is 5.91 Å². The highest BCUT2D eigenvalue weighted by molar-refractivity contribution is 5.82. The molecule has 0 saturated carbocycles. The number of carbonyl (C=O) groups is 2. The van der Waals surface area contributed by atoms with E-state index in [4.69, 9.17) is 5.11 Å². The monoisotopic (exact) mass is 214 g/mol. The first kappa shape index (κ1) is 12.0. The minimum Gasteiger partial charge on any atom is -0.481 e. The summed E-state index contributed by atoms with van der Waals surface area (Å²) in [6.07, 6.45) is 0. The molecule has 0 aromatic heterocycles. The molecule has 5 heteroatoms. The molecular weight excluding hydrogens is 196 g/mol. The number of rotatable bonds is 4. The van der Waals surface area contributed by atoms with Gasteiger partial charge < -0.3 is 10.4 Å². The molecule has 0 bridgehead atoms. The van der Waals surface area contributed by atoms with Crippen molar-refractivity contribution in [2.45, 2.75) is 32.9 Å².